The zero-order chi connectivity index (χ0) is 10.8. The van der Waals surface area contributed by atoms with E-state index in [1.165, 1.54) is 4.80 Å². The van der Waals surface area contributed by atoms with Gasteiger partial charge in [-0.3, -0.25) is 11.3 Å². The van der Waals surface area contributed by atoms with Crippen molar-refractivity contribution in [3.63, 3.8) is 0 Å². The van der Waals surface area contributed by atoms with Crippen LogP contribution in [0, 0.1) is 5.41 Å². The van der Waals surface area contributed by atoms with Crippen LogP contribution in [0.3, 0.4) is 0 Å². The Hall–Kier alpha value is -1.01. The monoisotopic (exact) mass is 198 g/mol. The van der Waals surface area contributed by atoms with Crippen molar-refractivity contribution in [1.82, 2.24) is 25.6 Å². The first-order chi connectivity index (χ1) is 6.43. The van der Waals surface area contributed by atoms with Crippen LogP contribution >= 0.6 is 0 Å². The number of aryl methyl sites for hydroxylation is 1. The van der Waals surface area contributed by atoms with Gasteiger partial charge < -0.3 is 0 Å². The molecule has 0 aromatic carbocycles. The van der Waals surface area contributed by atoms with E-state index in [4.69, 9.17) is 5.84 Å². The number of rotatable bonds is 3. The second-order valence-electron chi connectivity index (χ2n) is 4.48. The summed E-state index contributed by atoms with van der Waals surface area (Å²) < 4.78 is 0. The van der Waals surface area contributed by atoms with Gasteiger partial charge in [-0.15, -0.1) is 10.2 Å². The zero-order valence-electron chi connectivity index (χ0n) is 9.15. The lowest BCUT2D eigenvalue weighted by Gasteiger charge is -2.28. The molecular formula is C8H18N6. The maximum atomic E-state index is 5.48. The Labute approximate surface area is 83.8 Å². The standard InChI is InChI=1S/C8H18N6/c1-8(2,3)6(10-9)5-7-11-13-14(4)12-7/h6,10H,5,9H2,1-4H3. The third kappa shape index (κ3) is 2.74. The zero-order valence-corrected chi connectivity index (χ0v) is 9.15. The summed E-state index contributed by atoms with van der Waals surface area (Å²) in [6, 6.07) is 0.145. The lowest BCUT2D eigenvalue weighted by atomic mass is 9.85. The summed E-state index contributed by atoms with van der Waals surface area (Å²) in [5, 5.41) is 11.8. The van der Waals surface area contributed by atoms with Gasteiger partial charge in [0.15, 0.2) is 5.82 Å². The Kier molecular flexibility index (Phi) is 3.17. The molecule has 0 aliphatic rings. The molecule has 1 atom stereocenters. The van der Waals surface area contributed by atoms with Crippen molar-refractivity contribution in [2.24, 2.45) is 18.3 Å². The average Bonchev–Trinajstić information content (AvgIpc) is 2.45. The maximum Gasteiger partial charge on any atom is 0.176 e. The number of hydrogen-bond donors (Lipinski definition) is 2. The van der Waals surface area contributed by atoms with E-state index < -0.39 is 0 Å². The molecular weight excluding hydrogens is 180 g/mol. The Morgan fingerprint density at radius 2 is 2.14 bits per heavy atom. The van der Waals surface area contributed by atoms with Crippen LogP contribution in [0.2, 0.25) is 0 Å². The Morgan fingerprint density at radius 1 is 1.50 bits per heavy atom. The van der Waals surface area contributed by atoms with Crippen LogP contribution in [0.25, 0.3) is 0 Å². The van der Waals surface area contributed by atoms with Crippen LogP contribution in [0.5, 0.6) is 0 Å². The van der Waals surface area contributed by atoms with E-state index in [-0.39, 0.29) is 11.5 Å². The second-order valence-corrected chi connectivity index (χ2v) is 4.48. The molecule has 0 aliphatic heterocycles. The second kappa shape index (κ2) is 4.02. The van der Waals surface area contributed by atoms with Crippen LogP contribution in [-0.2, 0) is 13.5 Å². The lowest BCUT2D eigenvalue weighted by Crippen LogP contribution is -2.46. The smallest absolute Gasteiger partial charge is 0.176 e. The molecule has 0 aliphatic carbocycles. The van der Waals surface area contributed by atoms with Crippen LogP contribution in [0.4, 0.5) is 0 Å². The molecule has 0 bridgehead atoms. The third-order valence-electron chi connectivity index (χ3n) is 2.18. The van der Waals surface area contributed by atoms with E-state index in [2.05, 4.69) is 41.6 Å². The molecule has 0 radical (unpaired) electrons. The molecule has 6 nitrogen and oxygen atoms in total. The quantitative estimate of drug-likeness (QED) is 0.511. The molecule has 6 heteroatoms. The summed E-state index contributed by atoms with van der Waals surface area (Å²) >= 11 is 0. The molecule has 1 heterocycles. The van der Waals surface area contributed by atoms with Gasteiger partial charge in [-0.1, -0.05) is 20.8 Å². The SMILES string of the molecule is Cn1nnc(CC(NN)C(C)(C)C)n1. The Bertz CT molecular complexity index is 286. The van der Waals surface area contributed by atoms with E-state index in [0.29, 0.717) is 12.2 Å². The molecule has 0 spiro atoms. The molecule has 0 saturated carbocycles. The third-order valence-corrected chi connectivity index (χ3v) is 2.18. The van der Waals surface area contributed by atoms with Crippen LogP contribution in [-0.4, -0.2) is 26.2 Å². The van der Waals surface area contributed by atoms with Crippen molar-refractivity contribution in [2.75, 3.05) is 0 Å². The molecule has 0 amide bonds. The molecule has 14 heavy (non-hydrogen) atoms. The van der Waals surface area contributed by atoms with Gasteiger partial charge in [-0.05, 0) is 10.6 Å². The van der Waals surface area contributed by atoms with Crippen molar-refractivity contribution in [2.45, 2.75) is 33.2 Å². The van der Waals surface area contributed by atoms with E-state index in [9.17, 15) is 0 Å². The van der Waals surface area contributed by atoms with E-state index >= 15 is 0 Å². The summed E-state index contributed by atoms with van der Waals surface area (Å²) in [4.78, 5) is 1.45. The van der Waals surface area contributed by atoms with Crippen molar-refractivity contribution in [3.05, 3.63) is 5.82 Å². The summed E-state index contributed by atoms with van der Waals surface area (Å²) in [5.41, 5.74) is 2.86. The highest BCUT2D eigenvalue weighted by Crippen LogP contribution is 2.20. The molecule has 1 aromatic rings. The van der Waals surface area contributed by atoms with E-state index in [0.717, 1.165) is 0 Å². The highest BCUT2D eigenvalue weighted by atomic mass is 15.6. The minimum Gasteiger partial charge on any atom is -0.271 e. The summed E-state index contributed by atoms with van der Waals surface area (Å²) in [5.74, 6) is 6.19. The minimum absolute atomic E-state index is 0.0773. The number of nitrogens with zero attached hydrogens (tertiary/aromatic N) is 4. The number of nitrogens with one attached hydrogen (secondary N) is 1. The molecule has 3 N–H and O–H groups in total. The average molecular weight is 198 g/mol. The lowest BCUT2D eigenvalue weighted by molar-refractivity contribution is 0.265. The normalized spacial score (nSPS) is 14.4. The number of nitrogens with two attached hydrogens (primary N) is 1. The maximum absolute atomic E-state index is 5.48. The van der Waals surface area contributed by atoms with Crippen LogP contribution < -0.4 is 11.3 Å². The van der Waals surface area contributed by atoms with E-state index in [1.54, 1.807) is 7.05 Å². The molecule has 1 aromatic heterocycles. The fourth-order valence-electron chi connectivity index (χ4n) is 1.20. The van der Waals surface area contributed by atoms with Crippen LogP contribution in [0.1, 0.15) is 26.6 Å². The van der Waals surface area contributed by atoms with Crippen LogP contribution in [0.15, 0.2) is 0 Å². The Morgan fingerprint density at radius 3 is 2.50 bits per heavy atom. The highest BCUT2D eigenvalue weighted by molar-refractivity contribution is 4.89. The molecule has 0 saturated heterocycles. The fraction of sp³-hybridized carbons (Fsp3) is 0.875. The van der Waals surface area contributed by atoms with Crippen molar-refractivity contribution in [1.29, 1.82) is 0 Å². The number of hydrogen-bond acceptors (Lipinski definition) is 5. The number of aromatic nitrogens is 4. The van der Waals surface area contributed by atoms with E-state index in [1.807, 2.05) is 0 Å². The first-order valence-electron chi connectivity index (χ1n) is 4.62. The highest BCUT2D eigenvalue weighted by Gasteiger charge is 2.25. The van der Waals surface area contributed by atoms with Gasteiger partial charge in [0.05, 0.1) is 7.05 Å². The first-order valence-corrected chi connectivity index (χ1v) is 4.62. The molecule has 1 rings (SSSR count). The number of hydrazine groups is 1. The number of tetrazole rings is 1. The van der Waals surface area contributed by atoms with Gasteiger partial charge in [0.25, 0.3) is 0 Å². The van der Waals surface area contributed by atoms with Crippen molar-refractivity contribution < 1.29 is 0 Å². The van der Waals surface area contributed by atoms with Gasteiger partial charge in [0.2, 0.25) is 0 Å². The summed E-state index contributed by atoms with van der Waals surface area (Å²) in [7, 11) is 1.75. The molecule has 0 fully saturated rings. The van der Waals surface area contributed by atoms with Gasteiger partial charge in [0, 0.05) is 12.5 Å². The van der Waals surface area contributed by atoms with Crippen molar-refractivity contribution in [3.8, 4) is 0 Å². The molecule has 1 unspecified atom stereocenters. The van der Waals surface area contributed by atoms with Gasteiger partial charge in [-0.2, -0.15) is 4.80 Å². The first kappa shape index (κ1) is 11.1. The summed E-state index contributed by atoms with van der Waals surface area (Å²) in [6.45, 7) is 6.36. The van der Waals surface area contributed by atoms with Crippen molar-refractivity contribution >= 4 is 0 Å². The minimum atomic E-state index is 0.0773. The largest absolute Gasteiger partial charge is 0.271 e. The summed E-state index contributed by atoms with van der Waals surface area (Å²) in [6.07, 6.45) is 0.688. The topological polar surface area (TPSA) is 81.7 Å². The van der Waals surface area contributed by atoms with Gasteiger partial charge in [-0.25, -0.2) is 0 Å². The predicted molar refractivity (Wildman–Crippen MR) is 53.1 cm³/mol. The fourth-order valence-corrected chi connectivity index (χ4v) is 1.20. The van der Waals surface area contributed by atoms with Gasteiger partial charge in [0.1, 0.15) is 0 Å². The predicted octanol–water partition coefficient (Wildman–Crippen LogP) is -0.369. The Balaban J connectivity index is 2.66. The molecule has 80 valence electrons. The van der Waals surface area contributed by atoms with Gasteiger partial charge >= 0.3 is 0 Å².